The molecule has 2 nitrogen and oxygen atoms in total. The van der Waals surface area contributed by atoms with E-state index < -0.39 is 0 Å². The maximum absolute atomic E-state index is 5.85. The zero-order valence-corrected chi connectivity index (χ0v) is 9.34. The molecule has 2 N–H and O–H groups in total. The van der Waals surface area contributed by atoms with Crippen molar-refractivity contribution < 1.29 is 4.74 Å². The minimum Gasteiger partial charge on any atom is -0.496 e. The van der Waals surface area contributed by atoms with Gasteiger partial charge in [-0.15, -0.1) is 0 Å². The third-order valence-electron chi connectivity index (χ3n) is 2.12. The maximum atomic E-state index is 5.85. The van der Waals surface area contributed by atoms with E-state index in [2.05, 4.69) is 0 Å². The first-order valence-electron chi connectivity index (χ1n) is 4.71. The molecule has 0 saturated carbocycles. The van der Waals surface area contributed by atoms with E-state index in [0.29, 0.717) is 5.02 Å². The summed E-state index contributed by atoms with van der Waals surface area (Å²) >= 11 is 5.85. The zero-order valence-electron chi connectivity index (χ0n) is 8.59. The van der Waals surface area contributed by atoms with Crippen LogP contribution in [0, 0.1) is 0 Å². The molecular weight excluding hydrogens is 198 g/mol. The third kappa shape index (κ3) is 3.20. The van der Waals surface area contributed by atoms with Crippen LogP contribution in [0.3, 0.4) is 0 Å². The van der Waals surface area contributed by atoms with E-state index in [9.17, 15) is 0 Å². The summed E-state index contributed by atoms with van der Waals surface area (Å²) in [6.07, 6.45) is 1.88. The first kappa shape index (κ1) is 11.3. The minimum absolute atomic E-state index is 0.218. The minimum atomic E-state index is 0.218. The van der Waals surface area contributed by atoms with Gasteiger partial charge in [-0.3, -0.25) is 0 Å². The Morgan fingerprint density at radius 2 is 2.21 bits per heavy atom. The molecule has 0 aromatic heterocycles. The van der Waals surface area contributed by atoms with Crippen molar-refractivity contribution in [3.05, 3.63) is 28.8 Å². The summed E-state index contributed by atoms with van der Waals surface area (Å²) in [4.78, 5) is 0. The van der Waals surface area contributed by atoms with E-state index in [1.54, 1.807) is 7.11 Å². The molecule has 0 saturated heterocycles. The first-order valence-corrected chi connectivity index (χ1v) is 5.09. The predicted molar refractivity (Wildman–Crippen MR) is 60.0 cm³/mol. The van der Waals surface area contributed by atoms with Crippen molar-refractivity contribution in [2.75, 3.05) is 7.11 Å². The number of benzene rings is 1. The second-order valence-corrected chi connectivity index (χ2v) is 3.91. The SMILES string of the molecule is COc1cc(Cl)ccc1CC[C@H](C)N. The summed E-state index contributed by atoms with van der Waals surface area (Å²) in [5.74, 6) is 0.846. The number of hydrogen-bond donors (Lipinski definition) is 1. The third-order valence-corrected chi connectivity index (χ3v) is 2.35. The van der Waals surface area contributed by atoms with Crippen LogP contribution in [0.5, 0.6) is 5.75 Å². The van der Waals surface area contributed by atoms with Crippen molar-refractivity contribution >= 4 is 11.6 Å². The van der Waals surface area contributed by atoms with Crippen molar-refractivity contribution in [2.24, 2.45) is 5.73 Å². The summed E-state index contributed by atoms with van der Waals surface area (Å²) in [6, 6.07) is 5.91. The monoisotopic (exact) mass is 213 g/mol. The number of halogens is 1. The van der Waals surface area contributed by atoms with Gasteiger partial charge in [0.1, 0.15) is 5.75 Å². The molecule has 0 amide bonds. The van der Waals surface area contributed by atoms with Gasteiger partial charge in [0.15, 0.2) is 0 Å². The van der Waals surface area contributed by atoms with E-state index in [4.69, 9.17) is 22.1 Å². The number of aryl methyl sites for hydroxylation is 1. The fourth-order valence-corrected chi connectivity index (χ4v) is 1.47. The van der Waals surface area contributed by atoms with Gasteiger partial charge in [-0.1, -0.05) is 17.7 Å². The van der Waals surface area contributed by atoms with Crippen molar-refractivity contribution in [1.82, 2.24) is 0 Å². The molecule has 78 valence electrons. The van der Waals surface area contributed by atoms with Gasteiger partial charge in [0.2, 0.25) is 0 Å². The van der Waals surface area contributed by atoms with Crippen LogP contribution in [0.1, 0.15) is 18.9 Å². The van der Waals surface area contributed by atoms with Gasteiger partial charge in [-0.25, -0.2) is 0 Å². The quantitative estimate of drug-likeness (QED) is 0.835. The molecule has 0 spiro atoms. The molecular formula is C11H16ClNO. The van der Waals surface area contributed by atoms with Gasteiger partial charge < -0.3 is 10.5 Å². The summed E-state index contributed by atoms with van der Waals surface area (Å²) in [6.45, 7) is 2.00. The molecule has 1 atom stereocenters. The molecule has 3 heteroatoms. The van der Waals surface area contributed by atoms with Crippen molar-refractivity contribution in [3.63, 3.8) is 0 Å². The van der Waals surface area contributed by atoms with Crippen LogP contribution < -0.4 is 10.5 Å². The van der Waals surface area contributed by atoms with Crippen LogP contribution in [0.25, 0.3) is 0 Å². The standard InChI is InChI=1S/C11H16ClNO/c1-8(13)3-4-9-5-6-10(12)7-11(9)14-2/h5-8H,3-4,13H2,1-2H3/t8-/m0/s1. The highest BCUT2D eigenvalue weighted by atomic mass is 35.5. The summed E-state index contributed by atoms with van der Waals surface area (Å²) < 4.78 is 5.23. The van der Waals surface area contributed by atoms with Crippen LogP contribution in [0.4, 0.5) is 0 Å². The lowest BCUT2D eigenvalue weighted by molar-refractivity contribution is 0.408. The second-order valence-electron chi connectivity index (χ2n) is 3.47. The highest BCUT2D eigenvalue weighted by Gasteiger charge is 2.04. The van der Waals surface area contributed by atoms with Crippen LogP contribution in [-0.2, 0) is 6.42 Å². The van der Waals surface area contributed by atoms with Crippen LogP contribution >= 0.6 is 11.6 Å². The second kappa shape index (κ2) is 5.23. The predicted octanol–water partition coefficient (Wildman–Crippen LogP) is 2.63. The summed E-state index contributed by atoms with van der Waals surface area (Å²) in [7, 11) is 1.65. The topological polar surface area (TPSA) is 35.2 Å². The smallest absolute Gasteiger partial charge is 0.123 e. The van der Waals surface area contributed by atoms with Gasteiger partial charge >= 0.3 is 0 Å². The lowest BCUT2D eigenvalue weighted by atomic mass is 10.1. The highest BCUT2D eigenvalue weighted by Crippen LogP contribution is 2.24. The van der Waals surface area contributed by atoms with Crippen LogP contribution in [-0.4, -0.2) is 13.2 Å². The molecule has 0 radical (unpaired) electrons. The van der Waals surface area contributed by atoms with E-state index in [1.807, 2.05) is 25.1 Å². The molecule has 1 rings (SSSR count). The summed E-state index contributed by atoms with van der Waals surface area (Å²) in [5, 5.41) is 0.700. The lowest BCUT2D eigenvalue weighted by Gasteiger charge is -2.10. The molecule has 0 aliphatic rings. The average Bonchev–Trinajstić information content (AvgIpc) is 2.15. The molecule has 0 bridgehead atoms. The van der Waals surface area contributed by atoms with Gasteiger partial charge in [0.05, 0.1) is 7.11 Å². The Morgan fingerprint density at radius 1 is 1.50 bits per heavy atom. The average molecular weight is 214 g/mol. The zero-order chi connectivity index (χ0) is 10.6. The Hall–Kier alpha value is -0.730. The number of nitrogens with two attached hydrogens (primary N) is 1. The molecule has 1 aromatic rings. The lowest BCUT2D eigenvalue weighted by Crippen LogP contribution is -2.15. The Balaban J connectivity index is 2.75. The molecule has 0 aliphatic heterocycles. The van der Waals surface area contributed by atoms with Crippen LogP contribution in [0.2, 0.25) is 5.02 Å². The molecule has 14 heavy (non-hydrogen) atoms. The van der Waals surface area contributed by atoms with Gasteiger partial charge in [0, 0.05) is 11.1 Å². The van der Waals surface area contributed by atoms with Gasteiger partial charge in [-0.05, 0) is 37.5 Å². The molecule has 0 aliphatic carbocycles. The highest BCUT2D eigenvalue weighted by molar-refractivity contribution is 6.30. The normalized spacial score (nSPS) is 12.6. The largest absolute Gasteiger partial charge is 0.496 e. The first-order chi connectivity index (χ1) is 6.63. The van der Waals surface area contributed by atoms with E-state index in [1.165, 1.54) is 0 Å². The number of hydrogen-bond acceptors (Lipinski definition) is 2. The Labute approximate surface area is 90.0 Å². The number of rotatable bonds is 4. The molecule has 0 heterocycles. The van der Waals surface area contributed by atoms with E-state index in [0.717, 1.165) is 24.2 Å². The van der Waals surface area contributed by atoms with Crippen molar-refractivity contribution in [2.45, 2.75) is 25.8 Å². The molecule has 1 aromatic carbocycles. The molecule has 0 fully saturated rings. The fourth-order valence-electron chi connectivity index (χ4n) is 1.31. The van der Waals surface area contributed by atoms with Gasteiger partial charge in [-0.2, -0.15) is 0 Å². The number of methoxy groups -OCH3 is 1. The van der Waals surface area contributed by atoms with E-state index in [-0.39, 0.29) is 6.04 Å². The van der Waals surface area contributed by atoms with E-state index >= 15 is 0 Å². The maximum Gasteiger partial charge on any atom is 0.123 e. The fraction of sp³-hybridized carbons (Fsp3) is 0.455. The Morgan fingerprint density at radius 3 is 2.79 bits per heavy atom. The molecule has 0 unspecified atom stereocenters. The number of ether oxygens (including phenoxy) is 1. The van der Waals surface area contributed by atoms with Gasteiger partial charge in [0.25, 0.3) is 0 Å². The van der Waals surface area contributed by atoms with Crippen molar-refractivity contribution in [1.29, 1.82) is 0 Å². The van der Waals surface area contributed by atoms with Crippen molar-refractivity contribution in [3.8, 4) is 5.75 Å². The van der Waals surface area contributed by atoms with Crippen LogP contribution in [0.15, 0.2) is 18.2 Å². The Bertz CT molecular complexity index is 299. The Kier molecular flexibility index (Phi) is 4.23. The summed E-state index contributed by atoms with van der Waals surface area (Å²) in [5.41, 5.74) is 6.86.